The van der Waals surface area contributed by atoms with E-state index in [4.69, 9.17) is 4.74 Å². The molecule has 0 N–H and O–H groups in total. The Bertz CT molecular complexity index is 155. The molecule has 2 nitrogen and oxygen atoms in total. The number of ether oxygens (including phenoxy) is 1. The Balaban J connectivity index is 3.38. The number of hydrogen-bond donors (Lipinski definition) is 0. The van der Waals surface area contributed by atoms with Crippen molar-refractivity contribution in [2.24, 2.45) is 0 Å². The monoisotopic (exact) mass is 214 g/mol. The van der Waals surface area contributed by atoms with E-state index in [9.17, 15) is 4.79 Å². The molecular formula is C13H26O2. The number of rotatable bonds is 9. The van der Waals surface area contributed by atoms with Crippen LogP contribution in [0.4, 0.5) is 0 Å². The van der Waals surface area contributed by atoms with E-state index in [2.05, 4.69) is 13.8 Å². The van der Waals surface area contributed by atoms with Crippen LogP contribution in [-0.4, -0.2) is 12.1 Å². The van der Waals surface area contributed by atoms with Crippen LogP contribution in [0.15, 0.2) is 0 Å². The van der Waals surface area contributed by atoms with Gasteiger partial charge in [0, 0.05) is 6.42 Å². The molecule has 0 unspecified atom stereocenters. The zero-order valence-electron chi connectivity index (χ0n) is 10.6. The molecule has 90 valence electrons. The molecule has 0 aromatic carbocycles. The van der Waals surface area contributed by atoms with Gasteiger partial charge in [0.1, 0.15) is 0 Å². The molecule has 0 amide bonds. The molecule has 0 rings (SSSR count). The molecule has 0 aliphatic heterocycles. The van der Waals surface area contributed by atoms with E-state index in [-0.39, 0.29) is 12.1 Å². The van der Waals surface area contributed by atoms with E-state index in [0.29, 0.717) is 6.42 Å². The van der Waals surface area contributed by atoms with Gasteiger partial charge in [-0.1, -0.05) is 39.5 Å². The van der Waals surface area contributed by atoms with Crippen LogP contribution in [-0.2, 0) is 9.53 Å². The Kier molecular flexibility index (Phi) is 9.65. The first-order valence-corrected chi connectivity index (χ1v) is 6.40. The van der Waals surface area contributed by atoms with E-state index in [1.165, 1.54) is 25.7 Å². The molecule has 0 bridgehead atoms. The summed E-state index contributed by atoms with van der Waals surface area (Å²) in [5.41, 5.74) is 0. The van der Waals surface area contributed by atoms with E-state index >= 15 is 0 Å². The molecule has 1 atom stereocenters. The van der Waals surface area contributed by atoms with Gasteiger partial charge < -0.3 is 4.74 Å². The molecule has 0 heterocycles. The molecule has 0 fully saturated rings. The van der Waals surface area contributed by atoms with Crippen LogP contribution in [0.2, 0.25) is 0 Å². The Morgan fingerprint density at radius 2 is 1.73 bits per heavy atom. The molecular weight excluding hydrogens is 188 g/mol. The number of hydrogen-bond acceptors (Lipinski definition) is 2. The van der Waals surface area contributed by atoms with Crippen LogP contribution >= 0.6 is 0 Å². The number of esters is 1. The van der Waals surface area contributed by atoms with E-state index in [1.54, 1.807) is 0 Å². The highest BCUT2D eigenvalue weighted by Gasteiger charge is 2.08. The summed E-state index contributed by atoms with van der Waals surface area (Å²) in [6.45, 7) is 6.28. The molecule has 0 aromatic rings. The molecule has 2 heteroatoms. The van der Waals surface area contributed by atoms with Crippen LogP contribution in [0.5, 0.6) is 0 Å². The lowest BCUT2D eigenvalue weighted by atomic mass is 10.1. The molecule has 15 heavy (non-hydrogen) atoms. The summed E-state index contributed by atoms with van der Waals surface area (Å²) in [5.74, 6) is -0.0279. The molecule has 0 aliphatic carbocycles. The highest BCUT2D eigenvalue weighted by Crippen LogP contribution is 2.09. The lowest BCUT2D eigenvalue weighted by Gasteiger charge is -2.12. The third kappa shape index (κ3) is 9.77. The molecule has 0 aromatic heterocycles. The Morgan fingerprint density at radius 1 is 1.07 bits per heavy atom. The van der Waals surface area contributed by atoms with Crippen molar-refractivity contribution in [3.63, 3.8) is 0 Å². The maximum absolute atomic E-state index is 11.3. The van der Waals surface area contributed by atoms with Gasteiger partial charge in [-0.2, -0.15) is 0 Å². The summed E-state index contributed by atoms with van der Waals surface area (Å²) < 4.78 is 5.29. The fourth-order valence-electron chi connectivity index (χ4n) is 1.52. The van der Waals surface area contributed by atoms with Crippen molar-refractivity contribution in [1.29, 1.82) is 0 Å². The Hall–Kier alpha value is -0.530. The summed E-state index contributed by atoms with van der Waals surface area (Å²) in [4.78, 5) is 11.3. The van der Waals surface area contributed by atoms with E-state index in [0.717, 1.165) is 19.3 Å². The highest BCUT2D eigenvalue weighted by atomic mass is 16.5. The van der Waals surface area contributed by atoms with Crippen LogP contribution in [0, 0.1) is 0 Å². The van der Waals surface area contributed by atoms with Gasteiger partial charge in [0.05, 0.1) is 6.10 Å². The maximum Gasteiger partial charge on any atom is 0.306 e. The van der Waals surface area contributed by atoms with Gasteiger partial charge in [0.25, 0.3) is 0 Å². The number of carbonyl (C=O) groups excluding carboxylic acids is 1. The second kappa shape index (κ2) is 10.0. The first-order valence-electron chi connectivity index (χ1n) is 6.40. The van der Waals surface area contributed by atoms with Crippen LogP contribution in [0.25, 0.3) is 0 Å². The predicted octanol–water partition coefficient (Wildman–Crippen LogP) is 4.08. The van der Waals surface area contributed by atoms with Crippen molar-refractivity contribution in [3.05, 3.63) is 0 Å². The lowest BCUT2D eigenvalue weighted by molar-refractivity contribution is -0.148. The Labute approximate surface area is 94.4 Å². The van der Waals surface area contributed by atoms with Crippen LogP contribution in [0.3, 0.4) is 0 Å². The maximum atomic E-state index is 11.3. The standard InChI is InChI=1S/C13H26O2/c1-4-6-8-9-10-12(3)15-13(14)11-7-5-2/h12H,4-11H2,1-3H3/t12-/m1/s1. The molecule has 0 spiro atoms. The predicted molar refractivity (Wildman–Crippen MR) is 63.8 cm³/mol. The van der Waals surface area contributed by atoms with Gasteiger partial charge in [0.2, 0.25) is 0 Å². The first-order chi connectivity index (χ1) is 7.20. The van der Waals surface area contributed by atoms with Gasteiger partial charge >= 0.3 is 5.97 Å². The molecule has 0 aliphatic rings. The van der Waals surface area contributed by atoms with Crippen LogP contribution < -0.4 is 0 Å². The summed E-state index contributed by atoms with van der Waals surface area (Å²) in [6, 6.07) is 0. The van der Waals surface area contributed by atoms with E-state index in [1.807, 2.05) is 6.92 Å². The molecule has 0 saturated heterocycles. The van der Waals surface area contributed by atoms with Crippen molar-refractivity contribution in [3.8, 4) is 0 Å². The average Bonchev–Trinajstić information content (AvgIpc) is 2.21. The van der Waals surface area contributed by atoms with Gasteiger partial charge in [0.15, 0.2) is 0 Å². The van der Waals surface area contributed by atoms with Crippen molar-refractivity contribution in [1.82, 2.24) is 0 Å². The topological polar surface area (TPSA) is 26.3 Å². The Morgan fingerprint density at radius 3 is 2.33 bits per heavy atom. The molecule has 0 saturated carbocycles. The second-order valence-electron chi connectivity index (χ2n) is 4.25. The van der Waals surface area contributed by atoms with Crippen molar-refractivity contribution in [2.75, 3.05) is 0 Å². The summed E-state index contributed by atoms with van der Waals surface area (Å²) in [6.07, 6.45) is 8.67. The zero-order valence-corrected chi connectivity index (χ0v) is 10.6. The lowest BCUT2D eigenvalue weighted by Crippen LogP contribution is -2.14. The fraction of sp³-hybridized carbons (Fsp3) is 0.923. The first kappa shape index (κ1) is 14.5. The van der Waals surface area contributed by atoms with E-state index < -0.39 is 0 Å². The third-order valence-corrected chi connectivity index (χ3v) is 2.53. The number of carbonyl (C=O) groups is 1. The fourth-order valence-corrected chi connectivity index (χ4v) is 1.52. The smallest absolute Gasteiger partial charge is 0.306 e. The third-order valence-electron chi connectivity index (χ3n) is 2.53. The van der Waals surface area contributed by atoms with Gasteiger partial charge in [-0.15, -0.1) is 0 Å². The molecule has 0 radical (unpaired) electrons. The second-order valence-corrected chi connectivity index (χ2v) is 4.25. The minimum atomic E-state index is -0.0279. The highest BCUT2D eigenvalue weighted by molar-refractivity contribution is 5.69. The normalized spacial score (nSPS) is 12.5. The van der Waals surface area contributed by atoms with Crippen molar-refractivity contribution in [2.45, 2.75) is 78.2 Å². The van der Waals surface area contributed by atoms with Crippen molar-refractivity contribution < 1.29 is 9.53 Å². The zero-order chi connectivity index (χ0) is 11.5. The van der Waals surface area contributed by atoms with Crippen LogP contribution in [0.1, 0.15) is 72.1 Å². The van der Waals surface area contributed by atoms with Gasteiger partial charge in [-0.25, -0.2) is 0 Å². The summed E-state index contributed by atoms with van der Waals surface area (Å²) in [7, 11) is 0. The largest absolute Gasteiger partial charge is 0.463 e. The van der Waals surface area contributed by atoms with Gasteiger partial charge in [-0.3, -0.25) is 4.79 Å². The number of unbranched alkanes of at least 4 members (excludes halogenated alkanes) is 4. The van der Waals surface area contributed by atoms with Crippen molar-refractivity contribution >= 4 is 5.97 Å². The summed E-state index contributed by atoms with van der Waals surface area (Å²) >= 11 is 0. The van der Waals surface area contributed by atoms with Gasteiger partial charge in [-0.05, 0) is 26.2 Å². The minimum Gasteiger partial charge on any atom is -0.463 e. The summed E-state index contributed by atoms with van der Waals surface area (Å²) in [5, 5.41) is 0. The quantitative estimate of drug-likeness (QED) is 0.427. The average molecular weight is 214 g/mol. The SMILES string of the molecule is CCCCCC[C@@H](C)OC(=O)CCCC. The minimum absolute atomic E-state index is 0.0279.